The van der Waals surface area contributed by atoms with Crippen LogP contribution in [0.5, 0.6) is 5.75 Å². The van der Waals surface area contributed by atoms with Crippen molar-refractivity contribution in [3.8, 4) is 5.75 Å². The van der Waals surface area contributed by atoms with Crippen molar-refractivity contribution in [1.29, 1.82) is 0 Å². The van der Waals surface area contributed by atoms with Gasteiger partial charge in [0.05, 0.1) is 18.4 Å². The number of benzene rings is 1. The molecule has 0 fully saturated rings. The van der Waals surface area contributed by atoms with Crippen LogP contribution in [-0.2, 0) is 0 Å². The SMILES string of the molecule is COc1cc(C(=O)O)c(SC)c(N)c1C. The van der Waals surface area contributed by atoms with Crippen LogP contribution in [0.15, 0.2) is 11.0 Å². The fraction of sp³-hybridized carbons (Fsp3) is 0.300. The Bertz CT molecular complexity index is 404. The number of aromatic carboxylic acids is 1. The molecule has 4 nitrogen and oxygen atoms in total. The van der Waals surface area contributed by atoms with Crippen molar-refractivity contribution < 1.29 is 14.6 Å². The molecule has 0 amide bonds. The summed E-state index contributed by atoms with van der Waals surface area (Å²) in [4.78, 5) is 11.6. The second-order valence-corrected chi connectivity index (χ2v) is 3.82. The largest absolute Gasteiger partial charge is 0.496 e. The lowest BCUT2D eigenvalue weighted by molar-refractivity contribution is 0.0693. The van der Waals surface area contributed by atoms with Crippen LogP contribution in [0.2, 0.25) is 0 Å². The summed E-state index contributed by atoms with van der Waals surface area (Å²) < 4.78 is 5.06. The molecule has 0 bridgehead atoms. The standard InChI is InChI=1S/C10H13NO3S/c1-5-7(14-2)4-6(10(12)13)9(15-3)8(5)11/h4H,11H2,1-3H3,(H,12,13). The van der Waals surface area contributed by atoms with Gasteiger partial charge in [0.1, 0.15) is 5.75 Å². The molecule has 0 heterocycles. The summed E-state index contributed by atoms with van der Waals surface area (Å²) in [6.07, 6.45) is 1.80. The van der Waals surface area contributed by atoms with Gasteiger partial charge in [-0.1, -0.05) is 0 Å². The zero-order chi connectivity index (χ0) is 11.6. The van der Waals surface area contributed by atoms with Crippen molar-refractivity contribution in [1.82, 2.24) is 0 Å². The molecule has 5 heteroatoms. The molecular weight excluding hydrogens is 214 g/mol. The van der Waals surface area contributed by atoms with Crippen molar-refractivity contribution in [2.24, 2.45) is 0 Å². The highest BCUT2D eigenvalue weighted by Crippen LogP contribution is 2.35. The van der Waals surface area contributed by atoms with E-state index in [1.54, 1.807) is 13.2 Å². The third-order valence-electron chi connectivity index (χ3n) is 2.19. The minimum Gasteiger partial charge on any atom is -0.496 e. The molecule has 0 aliphatic heterocycles. The maximum Gasteiger partial charge on any atom is 0.337 e. The summed E-state index contributed by atoms with van der Waals surface area (Å²) in [6, 6.07) is 1.50. The minimum atomic E-state index is -0.996. The lowest BCUT2D eigenvalue weighted by atomic mass is 10.1. The first kappa shape index (κ1) is 11.7. The second kappa shape index (κ2) is 4.44. The Morgan fingerprint density at radius 2 is 2.20 bits per heavy atom. The first-order valence-corrected chi connectivity index (χ1v) is 5.49. The molecule has 1 rings (SSSR count). The molecule has 0 atom stereocenters. The molecule has 0 spiro atoms. The third-order valence-corrected chi connectivity index (χ3v) is 3.04. The highest BCUT2D eigenvalue weighted by molar-refractivity contribution is 7.98. The maximum atomic E-state index is 11.0. The molecule has 0 aromatic heterocycles. The fourth-order valence-electron chi connectivity index (χ4n) is 1.34. The first-order valence-electron chi connectivity index (χ1n) is 4.27. The van der Waals surface area contributed by atoms with Crippen LogP contribution in [-0.4, -0.2) is 24.4 Å². The summed E-state index contributed by atoms with van der Waals surface area (Å²) in [5.41, 5.74) is 7.27. The molecule has 82 valence electrons. The van der Waals surface area contributed by atoms with E-state index in [4.69, 9.17) is 15.6 Å². The lowest BCUT2D eigenvalue weighted by Crippen LogP contribution is -2.05. The Kier molecular flexibility index (Phi) is 3.47. The molecule has 1 aromatic carbocycles. The van der Waals surface area contributed by atoms with E-state index >= 15 is 0 Å². The number of nitrogens with two attached hydrogens (primary N) is 1. The van der Waals surface area contributed by atoms with Crippen LogP contribution in [0.25, 0.3) is 0 Å². The average Bonchev–Trinajstić information content (AvgIpc) is 2.21. The van der Waals surface area contributed by atoms with Crippen molar-refractivity contribution in [2.75, 3.05) is 19.1 Å². The van der Waals surface area contributed by atoms with Gasteiger partial charge in [-0.2, -0.15) is 0 Å². The summed E-state index contributed by atoms with van der Waals surface area (Å²) in [6.45, 7) is 1.81. The maximum absolute atomic E-state index is 11.0. The van der Waals surface area contributed by atoms with Gasteiger partial charge in [0.2, 0.25) is 0 Å². The van der Waals surface area contributed by atoms with Gasteiger partial charge in [0.25, 0.3) is 0 Å². The van der Waals surface area contributed by atoms with Crippen LogP contribution in [0.3, 0.4) is 0 Å². The zero-order valence-corrected chi connectivity index (χ0v) is 9.64. The minimum absolute atomic E-state index is 0.183. The van der Waals surface area contributed by atoms with Gasteiger partial charge in [0, 0.05) is 10.5 Å². The first-order chi connectivity index (χ1) is 7.02. The quantitative estimate of drug-likeness (QED) is 0.610. The van der Waals surface area contributed by atoms with E-state index in [1.165, 1.54) is 24.9 Å². The average molecular weight is 227 g/mol. The Labute approximate surface area is 92.4 Å². The van der Waals surface area contributed by atoms with Gasteiger partial charge in [-0.05, 0) is 19.2 Å². The number of methoxy groups -OCH3 is 1. The van der Waals surface area contributed by atoms with Crippen LogP contribution in [0.1, 0.15) is 15.9 Å². The molecular formula is C10H13NO3S. The van der Waals surface area contributed by atoms with E-state index in [1.807, 2.05) is 0 Å². The molecule has 0 unspecified atom stereocenters. The van der Waals surface area contributed by atoms with Crippen molar-refractivity contribution in [2.45, 2.75) is 11.8 Å². The van der Waals surface area contributed by atoms with E-state index in [2.05, 4.69) is 0 Å². The van der Waals surface area contributed by atoms with Gasteiger partial charge in [-0.3, -0.25) is 0 Å². The molecule has 3 N–H and O–H groups in total. The Balaban J connectivity index is 3.51. The van der Waals surface area contributed by atoms with Crippen molar-refractivity contribution in [3.63, 3.8) is 0 Å². The summed E-state index contributed by atoms with van der Waals surface area (Å²) in [5, 5.41) is 9.01. The van der Waals surface area contributed by atoms with E-state index < -0.39 is 5.97 Å². The summed E-state index contributed by atoms with van der Waals surface area (Å²) in [7, 11) is 1.49. The predicted molar refractivity (Wildman–Crippen MR) is 60.9 cm³/mol. The Hall–Kier alpha value is -1.36. The second-order valence-electron chi connectivity index (χ2n) is 3.00. The smallest absolute Gasteiger partial charge is 0.337 e. The van der Waals surface area contributed by atoms with E-state index in [0.29, 0.717) is 16.3 Å². The number of thioether (sulfide) groups is 1. The number of carboxylic acids is 1. The highest BCUT2D eigenvalue weighted by Gasteiger charge is 2.17. The molecule has 0 saturated heterocycles. The van der Waals surface area contributed by atoms with Crippen LogP contribution >= 0.6 is 11.8 Å². The summed E-state index contributed by atoms with van der Waals surface area (Å²) >= 11 is 1.32. The molecule has 0 aliphatic rings. The number of hydrogen-bond acceptors (Lipinski definition) is 4. The number of carboxylic acid groups (broad SMARTS) is 1. The fourth-order valence-corrected chi connectivity index (χ4v) is 2.08. The number of anilines is 1. The monoisotopic (exact) mass is 227 g/mol. The van der Waals surface area contributed by atoms with Crippen LogP contribution < -0.4 is 10.5 Å². The van der Waals surface area contributed by atoms with Crippen molar-refractivity contribution >= 4 is 23.4 Å². The normalized spacial score (nSPS) is 10.1. The zero-order valence-electron chi connectivity index (χ0n) is 8.83. The number of nitrogen functional groups attached to an aromatic ring is 1. The third kappa shape index (κ3) is 2.02. The molecule has 1 aromatic rings. The predicted octanol–water partition coefficient (Wildman–Crippen LogP) is 2.01. The van der Waals surface area contributed by atoms with Crippen LogP contribution in [0.4, 0.5) is 5.69 Å². The van der Waals surface area contributed by atoms with Gasteiger partial charge in [0.15, 0.2) is 0 Å². The van der Waals surface area contributed by atoms with Gasteiger partial charge in [-0.15, -0.1) is 11.8 Å². The topological polar surface area (TPSA) is 72.5 Å². The van der Waals surface area contributed by atoms with Gasteiger partial charge >= 0.3 is 5.97 Å². The molecule has 0 aliphatic carbocycles. The lowest BCUT2D eigenvalue weighted by Gasteiger charge is -2.13. The van der Waals surface area contributed by atoms with E-state index in [9.17, 15) is 4.79 Å². The number of rotatable bonds is 3. The number of ether oxygens (including phenoxy) is 1. The molecule has 15 heavy (non-hydrogen) atoms. The van der Waals surface area contributed by atoms with Gasteiger partial charge < -0.3 is 15.6 Å². The van der Waals surface area contributed by atoms with E-state index in [0.717, 1.165) is 5.56 Å². The van der Waals surface area contributed by atoms with Gasteiger partial charge in [-0.25, -0.2) is 4.79 Å². The molecule has 0 saturated carbocycles. The highest BCUT2D eigenvalue weighted by atomic mass is 32.2. The Morgan fingerprint density at radius 3 is 2.60 bits per heavy atom. The number of carbonyl (C=O) groups is 1. The van der Waals surface area contributed by atoms with E-state index in [-0.39, 0.29) is 5.56 Å². The number of hydrogen-bond donors (Lipinski definition) is 2. The van der Waals surface area contributed by atoms with Crippen LogP contribution in [0, 0.1) is 6.92 Å². The molecule has 0 radical (unpaired) electrons. The summed E-state index contributed by atoms with van der Waals surface area (Å²) in [5.74, 6) is -0.493. The van der Waals surface area contributed by atoms with Crippen molar-refractivity contribution in [3.05, 3.63) is 17.2 Å². The Morgan fingerprint density at radius 1 is 1.60 bits per heavy atom.